The minimum atomic E-state index is -4.28. The van der Waals surface area contributed by atoms with E-state index in [9.17, 15) is 18.0 Å². The number of halogens is 4. The molecule has 3 aromatic rings. The van der Waals surface area contributed by atoms with Crippen molar-refractivity contribution in [3.8, 4) is 0 Å². The van der Waals surface area contributed by atoms with Crippen LogP contribution in [0.3, 0.4) is 0 Å². The number of nitrogens with zero attached hydrogens (tertiary/aromatic N) is 2. The predicted octanol–water partition coefficient (Wildman–Crippen LogP) is 6.83. The fourth-order valence-corrected chi connectivity index (χ4v) is 6.14. The zero-order valence-electron chi connectivity index (χ0n) is 22.1. The Bertz CT molecular complexity index is 1470. The molecule has 3 rings (SSSR count). The summed E-state index contributed by atoms with van der Waals surface area (Å²) in [5.41, 5.74) is 0.549. The highest BCUT2D eigenvalue weighted by molar-refractivity contribution is 7.92. The van der Waals surface area contributed by atoms with Gasteiger partial charge in [0.15, 0.2) is 0 Å². The van der Waals surface area contributed by atoms with Crippen molar-refractivity contribution in [1.82, 2.24) is 10.2 Å². The molecule has 214 valence electrons. The Morgan fingerprint density at radius 1 is 0.875 bits per heavy atom. The molecule has 0 saturated heterocycles. The van der Waals surface area contributed by atoms with Crippen LogP contribution < -0.4 is 9.62 Å². The molecule has 1 N–H and O–H groups in total. The number of anilines is 1. The summed E-state index contributed by atoms with van der Waals surface area (Å²) >= 11 is 25.1. The molecule has 0 bridgehead atoms. The molecule has 0 radical (unpaired) electrons. The molecule has 0 fully saturated rings. The number of carbonyl (C=O) groups is 2. The third-order valence-electron chi connectivity index (χ3n) is 6.31. The number of hydrogen-bond donors (Lipinski definition) is 1. The van der Waals surface area contributed by atoms with E-state index in [-0.39, 0.29) is 33.2 Å². The van der Waals surface area contributed by atoms with Crippen LogP contribution in [-0.2, 0) is 26.2 Å². The van der Waals surface area contributed by atoms with Crippen LogP contribution in [0.4, 0.5) is 5.69 Å². The van der Waals surface area contributed by atoms with Gasteiger partial charge in [0.25, 0.3) is 10.0 Å². The molecule has 0 saturated carbocycles. The SMILES string of the molecule is CCC(C)NC(=O)C(C)N(Cc1ccc(Cl)cc1Cl)C(=O)CN(c1cc(Cl)ccc1Cl)S(=O)(=O)c1ccccc1. The zero-order chi connectivity index (χ0) is 29.6. The largest absolute Gasteiger partial charge is 0.352 e. The average Bonchev–Trinajstić information content (AvgIpc) is 2.92. The van der Waals surface area contributed by atoms with Crippen LogP contribution >= 0.6 is 46.4 Å². The summed E-state index contributed by atoms with van der Waals surface area (Å²) in [6, 6.07) is 15.7. The van der Waals surface area contributed by atoms with Crippen molar-refractivity contribution in [2.45, 2.75) is 50.7 Å². The van der Waals surface area contributed by atoms with E-state index < -0.39 is 34.4 Å². The lowest BCUT2D eigenvalue weighted by Gasteiger charge is -2.33. The number of amides is 2. The Morgan fingerprint density at radius 2 is 1.50 bits per heavy atom. The molecule has 0 aromatic heterocycles. The molecular weight excluding hydrogens is 616 g/mol. The van der Waals surface area contributed by atoms with Gasteiger partial charge >= 0.3 is 0 Å². The molecule has 0 heterocycles. The first-order valence-corrected chi connectivity index (χ1v) is 15.4. The molecule has 0 aliphatic heterocycles. The highest BCUT2D eigenvalue weighted by Crippen LogP contribution is 2.33. The summed E-state index contributed by atoms with van der Waals surface area (Å²) in [4.78, 5) is 28.3. The Balaban J connectivity index is 2.08. The maximum Gasteiger partial charge on any atom is 0.264 e. The highest BCUT2D eigenvalue weighted by atomic mass is 35.5. The fourth-order valence-electron chi connectivity index (χ4n) is 3.79. The molecular formula is C28H29Cl4N3O4S. The van der Waals surface area contributed by atoms with Gasteiger partial charge < -0.3 is 10.2 Å². The smallest absolute Gasteiger partial charge is 0.264 e. The second kappa shape index (κ2) is 13.9. The van der Waals surface area contributed by atoms with Crippen LogP contribution in [0.5, 0.6) is 0 Å². The maximum absolute atomic E-state index is 14.0. The fraction of sp³-hybridized carbons (Fsp3) is 0.286. The normalized spacial score (nSPS) is 12.9. The van der Waals surface area contributed by atoms with Gasteiger partial charge in [-0.1, -0.05) is 77.6 Å². The topological polar surface area (TPSA) is 86.8 Å². The van der Waals surface area contributed by atoms with Crippen LogP contribution in [0.2, 0.25) is 20.1 Å². The van der Waals surface area contributed by atoms with E-state index in [0.717, 1.165) is 4.31 Å². The number of rotatable bonds is 11. The van der Waals surface area contributed by atoms with Crippen LogP contribution in [0.15, 0.2) is 71.6 Å². The van der Waals surface area contributed by atoms with Crippen molar-refractivity contribution >= 4 is 73.9 Å². The summed E-state index contributed by atoms with van der Waals surface area (Å²) in [6.45, 7) is 4.60. The standard InChI is InChI=1S/C28H29Cl4N3O4S/c1-4-18(2)33-28(37)19(3)34(16-20-10-11-21(29)14-25(20)32)27(36)17-35(26-15-22(30)12-13-24(26)31)40(38,39)23-8-6-5-7-9-23/h5-15,18-19H,4,16-17H2,1-3H3,(H,33,37). The van der Waals surface area contributed by atoms with Gasteiger partial charge in [0.2, 0.25) is 11.8 Å². The van der Waals surface area contributed by atoms with Gasteiger partial charge in [-0.15, -0.1) is 0 Å². The lowest BCUT2D eigenvalue weighted by Crippen LogP contribution is -2.52. The first-order chi connectivity index (χ1) is 18.8. The molecule has 0 aliphatic rings. The molecule has 0 aliphatic carbocycles. The number of nitrogens with one attached hydrogen (secondary N) is 1. The average molecular weight is 645 g/mol. The molecule has 40 heavy (non-hydrogen) atoms. The number of carbonyl (C=O) groups excluding carboxylic acids is 2. The van der Waals surface area contributed by atoms with Crippen LogP contribution in [0.25, 0.3) is 0 Å². The molecule has 12 heteroatoms. The minimum absolute atomic E-state index is 0.0209. The summed E-state index contributed by atoms with van der Waals surface area (Å²) in [6.07, 6.45) is 0.686. The summed E-state index contributed by atoms with van der Waals surface area (Å²) in [5.74, 6) is -1.06. The Morgan fingerprint density at radius 3 is 2.12 bits per heavy atom. The zero-order valence-corrected chi connectivity index (χ0v) is 25.9. The van der Waals surface area contributed by atoms with Crippen molar-refractivity contribution < 1.29 is 18.0 Å². The van der Waals surface area contributed by atoms with Crippen molar-refractivity contribution in [1.29, 1.82) is 0 Å². The Kier molecular flexibility index (Phi) is 11.1. The van der Waals surface area contributed by atoms with Crippen molar-refractivity contribution in [3.05, 3.63) is 92.4 Å². The van der Waals surface area contributed by atoms with E-state index in [0.29, 0.717) is 22.0 Å². The van der Waals surface area contributed by atoms with E-state index in [2.05, 4.69) is 5.32 Å². The number of hydrogen-bond acceptors (Lipinski definition) is 4. The minimum Gasteiger partial charge on any atom is -0.352 e. The highest BCUT2D eigenvalue weighted by Gasteiger charge is 2.34. The molecule has 7 nitrogen and oxygen atoms in total. The van der Waals surface area contributed by atoms with Gasteiger partial charge in [0.1, 0.15) is 12.6 Å². The van der Waals surface area contributed by atoms with Gasteiger partial charge in [0.05, 0.1) is 15.6 Å². The van der Waals surface area contributed by atoms with Crippen molar-refractivity contribution in [3.63, 3.8) is 0 Å². The van der Waals surface area contributed by atoms with Gasteiger partial charge in [-0.25, -0.2) is 8.42 Å². The van der Waals surface area contributed by atoms with Crippen molar-refractivity contribution in [2.24, 2.45) is 0 Å². The first-order valence-electron chi connectivity index (χ1n) is 12.4. The quantitative estimate of drug-likeness (QED) is 0.248. The number of sulfonamides is 1. The second-order valence-electron chi connectivity index (χ2n) is 9.17. The lowest BCUT2D eigenvalue weighted by molar-refractivity contribution is -0.139. The first kappa shape index (κ1) is 32.0. The summed E-state index contributed by atoms with van der Waals surface area (Å²) in [7, 11) is -4.28. The maximum atomic E-state index is 14.0. The van der Waals surface area contributed by atoms with Gasteiger partial charge in [-0.05, 0) is 68.3 Å². The second-order valence-corrected chi connectivity index (χ2v) is 12.7. The predicted molar refractivity (Wildman–Crippen MR) is 162 cm³/mol. The molecule has 3 aromatic carbocycles. The lowest BCUT2D eigenvalue weighted by atomic mass is 10.1. The van der Waals surface area contributed by atoms with Gasteiger partial charge in [-0.2, -0.15) is 0 Å². The van der Waals surface area contributed by atoms with Crippen LogP contribution in [0, 0.1) is 0 Å². The van der Waals surface area contributed by atoms with Gasteiger partial charge in [-0.3, -0.25) is 13.9 Å². The van der Waals surface area contributed by atoms with E-state index in [1.54, 1.807) is 37.3 Å². The molecule has 0 spiro atoms. The Hall–Kier alpha value is -2.49. The third kappa shape index (κ3) is 7.83. The number of benzene rings is 3. The van der Waals surface area contributed by atoms with E-state index in [4.69, 9.17) is 46.4 Å². The van der Waals surface area contributed by atoms with E-state index >= 15 is 0 Å². The molecule has 2 unspecified atom stereocenters. The van der Waals surface area contributed by atoms with Crippen LogP contribution in [0.1, 0.15) is 32.8 Å². The van der Waals surface area contributed by atoms with Gasteiger partial charge in [0, 0.05) is 27.7 Å². The molecule has 2 atom stereocenters. The molecule has 2 amide bonds. The van der Waals surface area contributed by atoms with Crippen molar-refractivity contribution in [2.75, 3.05) is 10.8 Å². The van der Waals surface area contributed by atoms with E-state index in [1.807, 2.05) is 13.8 Å². The summed E-state index contributed by atoms with van der Waals surface area (Å²) < 4.78 is 28.6. The summed E-state index contributed by atoms with van der Waals surface area (Å²) in [5, 5.41) is 3.88. The van der Waals surface area contributed by atoms with E-state index in [1.165, 1.54) is 41.3 Å². The monoisotopic (exact) mass is 643 g/mol. The van der Waals surface area contributed by atoms with Crippen LogP contribution in [-0.4, -0.2) is 43.8 Å². The third-order valence-corrected chi connectivity index (χ3v) is 9.23. The Labute approximate surface area is 255 Å².